The van der Waals surface area contributed by atoms with Crippen molar-refractivity contribution in [2.24, 2.45) is 0 Å². The van der Waals surface area contributed by atoms with E-state index in [1.807, 2.05) is 47.6 Å². The molecule has 40 heavy (non-hydrogen) atoms. The quantitative estimate of drug-likeness (QED) is 0.309. The summed E-state index contributed by atoms with van der Waals surface area (Å²) in [6, 6.07) is 17.9. The molecule has 1 atom stereocenters. The smallest absolute Gasteiger partial charge is 0.264 e. The summed E-state index contributed by atoms with van der Waals surface area (Å²) < 4.78 is 29.1. The summed E-state index contributed by atoms with van der Waals surface area (Å²) in [7, 11) is -4.11. The predicted molar refractivity (Wildman–Crippen MR) is 161 cm³/mol. The fourth-order valence-electron chi connectivity index (χ4n) is 4.33. The van der Waals surface area contributed by atoms with Gasteiger partial charge < -0.3 is 10.2 Å². The molecule has 214 valence electrons. The monoisotopic (exact) mass is 583 g/mol. The van der Waals surface area contributed by atoms with Crippen molar-refractivity contribution in [3.63, 3.8) is 0 Å². The lowest BCUT2D eigenvalue weighted by Crippen LogP contribution is -2.53. The van der Waals surface area contributed by atoms with E-state index < -0.39 is 28.5 Å². The van der Waals surface area contributed by atoms with Crippen LogP contribution < -0.4 is 9.62 Å². The van der Waals surface area contributed by atoms with Crippen molar-refractivity contribution < 1.29 is 18.0 Å². The van der Waals surface area contributed by atoms with Gasteiger partial charge in [0.15, 0.2) is 0 Å². The third-order valence-electron chi connectivity index (χ3n) is 6.75. The summed E-state index contributed by atoms with van der Waals surface area (Å²) in [5, 5.41) is 3.45. The molecule has 0 aliphatic heterocycles. The van der Waals surface area contributed by atoms with Crippen LogP contribution in [0.4, 0.5) is 5.69 Å². The number of halogens is 1. The van der Waals surface area contributed by atoms with Gasteiger partial charge in [-0.2, -0.15) is 0 Å². The van der Waals surface area contributed by atoms with Crippen molar-refractivity contribution in [3.8, 4) is 0 Å². The van der Waals surface area contributed by atoms with Crippen LogP contribution in [0, 0.1) is 20.8 Å². The van der Waals surface area contributed by atoms with Crippen LogP contribution in [0.3, 0.4) is 0 Å². The van der Waals surface area contributed by atoms with E-state index in [0.29, 0.717) is 17.1 Å². The highest BCUT2D eigenvalue weighted by Gasteiger charge is 2.34. The Morgan fingerprint density at radius 1 is 0.900 bits per heavy atom. The fraction of sp³-hybridized carbons (Fsp3) is 0.355. The molecule has 0 saturated heterocycles. The maximum absolute atomic E-state index is 14.1. The zero-order valence-corrected chi connectivity index (χ0v) is 25.5. The van der Waals surface area contributed by atoms with Gasteiger partial charge in [0.25, 0.3) is 10.0 Å². The average Bonchev–Trinajstić information content (AvgIpc) is 2.89. The van der Waals surface area contributed by atoms with Gasteiger partial charge in [-0.3, -0.25) is 13.9 Å². The Balaban J connectivity index is 2.08. The van der Waals surface area contributed by atoms with Gasteiger partial charge in [-0.05, 0) is 94.1 Å². The summed E-state index contributed by atoms with van der Waals surface area (Å²) in [6.07, 6.45) is 0.353. The van der Waals surface area contributed by atoms with Crippen LogP contribution in [0.1, 0.15) is 49.4 Å². The molecule has 0 aliphatic carbocycles. The Bertz CT molecular complexity index is 1440. The minimum atomic E-state index is -4.11. The number of aryl methyl sites for hydroxylation is 3. The van der Waals surface area contributed by atoms with Crippen LogP contribution in [0.5, 0.6) is 0 Å². The van der Waals surface area contributed by atoms with Gasteiger partial charge >= 0.3 is 0 Å². The van der Waals surface area contributed by atoms with Crippen LogP contribution in [-0.2, 0) is 26.2 Å². The first-order valence-electron chi connectivity index (χ1n) is 13.3. The van der Waals surface area contributed by atoms with Gasteiger partial charge in [-0.15, -0.1) is 0 Å². The summed E-state index contributed by atoms with van der Waals surface area (Å²) in [5.74, 6) is -0.784. The molecular weight excluding hydrogens is 546 g/mol. The highest BCUT2D eigenvalue weighted by atomic mass is 35.5. The zero-order chi connectivity index (χ0) is 29.6. The number of rotatable bonds is 11. The summed E-state index contributed by atoms with van der Waals surface area (Å²) in [4.78, 5) is 28.8. The molecule has 3 aromatic carbocycles. The molecule has 0 saturated carbocycles. The number of hydrogen-bond acceptors (Lipinski definition) is 4. The number of carbonyl (C=O) groups is 2. The number of amides is 2. The van der Waals surface area contributed by atoms with Crippen LogP contribution in [0.2, 0.25) is 5.02 Å². The van der Waals surface area contributed by atoms with Crippen LogP contribution >= 0.6 is 11.6 Å². The second-order valence-corrected chi connectivity index (χ2v) is 12.6. The van der Waals surface area contributed by atoms with Gasteiger partial charge in [0.2, 0.25) is 11.8 Å². The molecule has 0 heterocycles. The van der Waals surface area contributed by atoms with Crippen LogP contribution in [-0.4, -0.2) is 43.8 Å². The topological polar surface area (TPSA) is 86.8 Å². The first-order chi connectivity index (χ1) is 18.8. The Kier molecular flexibility index (Phi) is 10.4. The molecule has 0 fully saturated rings. The highest BCUT2D eigenvalue weighted by molar-refractivity contribution is 7.92. The number of hydrogen-bond donors (Lipinski definition) is 1. The van der Waals surface area contributed by atoms with Crippen molar-refractivity contribution in [3.05, 3.63) is 94.0 Å². The lowest BCUT2D eigenvalue weighted by molar-refractivity contribution is -0.140. The summed E-state index contributed by atoms with van der Waals surface area (Å²) in [5.41, 5.74) is 3.97. The number of sulfonamides is 1. The molecule has 3 rings (SSSR count). The molecular formula is C31H38ClN3O4S. The maximum atomic E-state index is 14.1. The average molecular weight is 584 g/mol. The second-order valence-electron chi connectivity index (χ2n) is 10.3. The van der Waals surface area contributed by atoms with E-state index in [1.54, 1.807) is 60.7 Å². The van der Waals surface area contributed by atoms with Crippen LogP contribution in [0.25, 0.3) is 0 Å². The largest absolute Gasteiger partial charge is 0.352 e. The molecule has 9 heteroatoms. The summed E-state index contributed by atoms with van der Waals surface area (Å²) >= 11 is 6.07. The molecule has 7 nitrogen and oxygen atoms in total. The zero-order valence-electron chi connectivity index (χ0n) is 23.9. The molecule has 0 radical (unpaired) electrons. The number of carbonyl (C=O) groups excluding carboxylic acids is 2. The van der Waals surface area contributed by atoms with Crippen molar-refractivity contribution in [1.29, 1.82) is 0 Å². The number of benzene rings is 3. The predicted octanol–water partition coefficient (Wildman–Crippen LogP) is 5.79. The van der Waals surface area contributed by atoms with Crippen molar-refractivity contribution in [2.75, 3.05) is 10.8 Å². The van der Waals surface area contributed by atoms with E-state index in [9.17, 15) is 18.0 Å². The molecule has 0 aromatic heterocycles. The number of nitrogens with one attached hydrogen (secondary N) is 1. The highest BCUT2D eigenvalue weighted by Crippen LogP contribution is 2.27. The molecule has 0 aliphatic rings. The first kappa shape index (κ1) is 31.2. The van der Waals surface area contributed by atoms with E-state index in [1.165, 1.54) is 4.90 Å². The lowest BCUT2D eigenvalue weighted by Gasteiger charge is -2.33. The van der Waals surface area contributed by atoms with E-state index in [0.717, 1.165) is 26.6 Å². The van der Waals surface area contributed by atoms with Gasteiger partial charge in [0.05, 0.1) is 10.6 Å². The first-order valence-corrected chi connectivity index (χ1v) is 15.2. The maximum Gasteiger partial charge on any atom is 0.264 e. The number of nitrogens with zero attached hydrogens (tertiary/aromatic N) is 2. The van der Waals surface area contributed by atoms with Crippen molar-refractivity contribution in [1.82, 2.24) is 10.2 Å². The van der Waals surface area contributed by atoms with Crippen molar-refractivity contribution >= 4 is 39.1 Å². The normalized spacial score (nSPS) is 12.2. The minimum absolute atomic E-state index is 0.0815. The molecule has 2 amide bonds. The minimum Gasteiger partial charge on any atom is -0.352 e. The van der Waals surface area contributed by atoms with Gasteiger partial charge in [0, 0.05) is 17.6 Å². The van der Waals surface area contributed by atoms with Gasteiger partial charge in [-0.25, -0.2) is 8.42 Å². The van der Waals surface area contributed by atoms with E-state index in [-0.39, 0.29) is 23.4 Å². The third kappa shape index (κ3) is 7.64. The lowest BCUT2D eigenvalue weighted by atomic mass is 10.1. The molecule has 3 aromatic rings. The second kappa shape index (κ2) is 13.3. The molecule has 0 bridgehead atoms. The molecule has 0 unspecified atom stereocenters. The SMILES string of the molecule is CC[C@@H](C(=O)NC(C)C)N(Cc1ccc(Cl)cc1)C(=O)CN(c1ccc(C)c(C)c1)S(=O)(=O)c1ccc(C)cc1. The van der Waals surface area contributed by atoms with E-state index in [2.05, 4.69) is 5.32 Å². The molecule has 1 N–H and O–H groups in total. The van der Waals surface area contributed by atoms with E-state index in [4.69, 9.17) is 11.6 Å². The Labute approximate surface area is 243 Å². The Hall–Kier alpha value is -3.36. The Morgan fingerprint density at radius 3 is 2.08 bits per heavy atom. The van der Waals surface area contributed by atoms with Gasteiger partial charge in [0.1, 0.15) is 12.6 Å². The van der Waals surface area contributed by atoms with Crippen LogP contribution in [0.15, 0.2) is 71.6 Å². The van der Waals surface area contributed by atoms with E-state index >= 15 is 0 Å². The van der Waals surface area contributed by atoms with Crippen molar-refractivity contribution in [2.45, 2.75) is 71.5 Å². The molecule has 0 spiro atoms. The standard InChI is InChI=1S/C31H38ClN3O4S/c1-7-29(31(37)33-21(2)3)34(19-25-11-13-26(32)14-12-25)30(36)20-35(27-15-10-23(5)24(6)18-27)40(38,39)28-16-8-22(4)9-17-28/h8-18,21,29H,7,19-20H2,1-6H3,(H,33,37)/t29-/m0/s1. The Morgan fingerprint density at radius 2 is 1.52 bits per heavy atom. The fourth-order valence-corrected chi connectivity index (χ4v) is 5.87. The third-order valence-corrected chi connectivity index (χ3v) is 8.79. The number of anilines is 1. The summed E-state index contributed by atoms with van der Waals surface area (Å²) in [6.45, 7) is 10.9. The van der Waals surface area contributed by atoms with Gasteiger partial charge in [-0.1, -0.05) is 54.4 Å².